The van der Waals surface area contributed by atoms with Crippen molar-refractivity contribution in [2.24, 2.45) is 0 Å². The summed E-state index contributed by atoms with van der Waals surface area (Å²) in [4.78, 5) is 13.5. The molecule has 0 saturated heterocycles. The van der Waals surface area contributed by atoms with Crippen LogP contribution in [0.25, 0.3) is 0 Å². The molecule has 0 aliphatic rings. The zero-order chi connectivity index (χ0) is 13.8. The molecule has 0 aliphatic heterocycles. The second-order valence-corrected chi connectivity index (χ2v) is 4.06. The normalized spacial score (nSPS) is 10.4. The van der Waals surface area contributed by atoms with E-state index in [2.05, 4.69) is 5.10 Å². The molecular weight excluding hydrogens is 247 g/mol. The van der Waals surface area contributed by atoms with Gasteiger partial charge in [0.1, 0.15) is 12.4 Å². The lowest BCUT2D eigenvalue weighted by molar-refractivity contribution is -0.119. The van der Waals surface area contributed by atoms with Crippen molar-refractivity contribution in [1.82, 2.24) is 9.78 Å². The molecule has 100 valence electrons. The number of hydrogen-bond acceptors (Lipinski definition) is 3. The van der Waals surface area contributed by atoms with Gasteiger partial charge in [0, 0.05) is 12.7 Å². The Labute approximate surface area is 110 Å². The fourth-order valence-electron chi connectivity index (χ4n) is 1.84. The van der Waals surface area contributed by atoms with E-state index in [0.717, 1.165) is 0 Å². The van der Waals surface area contributed by atoms with Crippen molar-refractivity contribution < 1.29 is 9.18 Å². The summed E-state index contributed by atoms with van der Waals surface area (Å²) in [6.07, 6.45) is 3.03. The van der Waals surface area contributed by atoms with Gasteiger partial charge in [0.15, 0.2) is 0 Å². The van der Waals surface area contributed by atoms with Crippen LogP contribution in [-0.4, -0.2) is 22.2 Å². The molecule has 0 saturated carbocycles. The van der Waals surface area contributed by atoms with Crippen LogP contribution in [0, 0.1) is 5.82 Å². The highest BCUT2D eigenvalue weighted by Crippen LogP contribution is 2.18. The zero-order valence-corrected chi connectivity index (χ0v) is 10.6. The smallest absolute Gasteiger partial charge is 0.248 e. The maximum Gasteiger partial charge on any atom is 0.248 e. The first-order valence-corrected chi connectivity index (χ1v) is 5.94. The molecule has 0 radical (unpaired) electrons. The molecule has 0 bridgehead atoms. The molecular formula is C13H15FN4O. The van der Waals surface area contributed by atoms with Crippen molar-refractivity contribution in [2.75, 3.05) is 17.2 Å². The molecule has 1 amide bonds. The molecule has 0 fully saturated rings. The Balaban J connectivity index is 2.18. The number of aromatic nitrogens is 2. The number of halogens is 1. The van der Waals surface area contributed by atoms with Crippen LogP contribution in [0.1, 0.15) is 6.92 Å². The Kier molecular flexibility index (Phi) is 3.79. The van der Waals surface area contributed by atoms with Crippen molar-refractivity contribution in [3.8, 4) is 0 Å². The molecule has 19 heavy (non-hydrogen) atoms. The lowest BCUT2D eigenvalue weighted by Crippen LogP contribution is -2.34. The minimum absolute atomic E-state index is 0.0272. The van der Waals surface area contributed by atoms with Crippen LogP contribution in [0.15, 0.2) is 36.7 Å². The number of anilines is 2. The van der Waals surface area contributed by atoms with Gasteiger partial charge in [-0.05, 0) is 19.1 Å². The summed E-state index contributed by atoms with van der Waals surface area (Å²) < 4.78 is 15.1. The number of carbonyl (C=O) groups excluding carboxylic acids is 1. The van der Waals surface area contributed by atoms with Crippen molar-refractivity contribution in [1.29, 1.82) is 0 Å². The van der Waals surface area contributed by atoms with Gasteiger partial charge in [-0.1, -0.05) is 12.1 Å². The maximum absolute atomic E-state index is 13.7. The monoisotopic (exact) mass is 262 g/mol. The van der Waals surface area contributed by atoms with Crippen molar-refractivity contribution in [2.45, 2.75) is 13.5 Å². The number of rotatable bonds is 4. The maximum atomic E-state index is 13.7. The fourth-order valence-corrected chi connectivity index (χ4v) is 1.84. The number of likely N-dealkylation sites (N-methyl/N-ethyl adjacent to an activating group) is 1. The number of nitrogen functional groups attached to an aromatic ring is 1. The van der Waals surface area contributed by atoms with Gasteiger partial charge in [-0.25, -0.2) is 4.39 Å². The molecule has 1 aromatic heterocycles. The molecule has 0 aliphatic carbocycles. The third-order valence-electron chi connectivity index (χ3n) is 2.71. The van der Waals surface area contributed by atoms with Gasteiger partial charge in [-0.2, -0.15) is 5.10 Å². The number of para-hydroxylation sites is 1. The van der Waals surface area contributed by atoms with Gasteiger partial charge in [0.05, 0.1) is 17.6 Å². The zero-order valence-electron chi connectivity index (χ0n) is 10.6. The predicted molar refractivity (Wildman–Crippen MR) is 71.1 cm³/mol. The standard InChI is InChI=1S/C13H15FN4O/c1-2-18(12-6-4-3-5-11(12)14)13(19)9-17-8-10(15)7-16-17/h3-8H,2,9,15H2,1H3. The Hall–Kier alpha value is -2.37. The quantitative estimate of drug-likeness (QED) is 0.911. The summed E-state index contributed by atoms with van der Waals surface area (Å²) in [5, 5.41) is 3.94. The predicted octanol–water partition coefficient (Wildman–Crippen LogP) is 1.66. The molecule has 0 atom stereocenters. The number of nitrogens with zero attached hydrogens (tertiary/aromatic N) is 3. The molecule has 2 rings (SSSR count). The molecule has 5 nitrogen and oxygen atoms in total. The van der Waals surface area contributed by atoms with E-state index in [0.29, 0.717) is 12.2 Å². The molecule has 2 aromatic rings. The number of benzene rings is 1. The number of hydrogen-bond donors (Lipinski definition) is 1. The fraction of sp³-hybridized carbons (Fsp3) is 0.231. The lowest BCUT2D eigenvalue weighted by Gasteiger charge is -2.21. The van der Waals surface area contributed by atoms with Crippen LogP contribution in [0.5, 0.6) is 0 Å². The first-order valence-electron chi connectivity index (χ1n) is 5.94. The van der Waals surface area contributed by atoms with Gasteiger partial charge in [0.2, 0.25) is 5.91 Å². The molecule has 0 unspecified atom stereocenters. The van der Waals surface area contributed by atoms with E-state index in [9.17, 15) is 9.18 Å². The summed E-state index contributed by atoms with van der Waals surface area (Å²) in [7, 11) is 0. The number of amides is 1. The van der Waals surface area contributed by atoms with Gasteiger partial charge in [-0.15, -0.1) is 0 Å². The molecule has 1 aromatic carbocycles. The third kappa shape index (κ3) is 2.90. The van der Waals surface area contributed by atoms with E-state index in [1.54, 1.807) is 31.3 Å². The summed E-state index contributed by atoms with van der Waals surface area (Å²) in [6.45, 7) is 2.21. The highest BCUT2D eigenvalue weighted by Gasteiger charge is 2.17. The van der Waals surface area contributed by atoms with Crippen LogP contribution in [0.3, 0.4) is 0 Å². The third-order valence-corrected chi connectivity index (χ3v) is 2.71. The van der Waals surface area contributed by atoms with Crippen molar-refractivity contribution >= 4 is 17.3 Å². The second kappa shape index (κ2) is 5.51. The van der Waals surface area contributed by atoms with Gasteiger partial charge < -0.3 is 10.6 Å². The van der Waals surface area contributed by atoms with E-state index in [1.165, 1.54) is 21.8 Å². The van der Waals surface area contributed by atoms with Gasteiger partial charge in [0.25, 0.3) is 0 Å². The van der Waals surface area contributed by atoms with E-state index in [4.69, 9.17) is 5.73 Å². The van der Waals surface area contributed by atoms with E-state index >= 15 is 0 Å². The van der Waals surface area contributed by atoms with Gasteiger partial charge >= 0.3 is 0 Å². The van der Waals surface area contributed by atoms with E-state index in [1.807, 2.05) is 0 Å². The van der Waals surface area contributed by atoms with Crippen LogP contribution < -0.4 is 10.6 Å². The average molecular weight is 262 g/mol. The summed E-state index contributed by atoms with van der Waals surface area (Å²) in [5.41, 5.74) is 6.29. The Morgan fingerprint density at radius 1 is 1.47 bits per heavy atom. The highest BCUT2D eigenvalue weighted by molar-refractivity contribution is 5.93. The second-order valence-electron chi connectivity index (χ2n) is 4.06. The van der Waals surface area contributed by atoms with Crippen LogP contribution in [-0.2, 0) is 11.3 Å². The minimum Gasteiger partial charge on any atom is -0.396 e. The van der Waals surface area contributed by atoms with Crippen molar-refractivity contribution in [3.63, 3.8) is 0 Å². The summed E-state index contributed by atoms with van der Waals surface area (Å²) in [5.74, 6) is -0.659. The molecule has 2 N–H and O–H groups in total. The molecule has 6 heteroatoms. The van der Waals surface area contributed by atoms with E-state index < -0.39 is 5.82 Å². The van der Waals surface area contributed by atoms with Crippen LogP contribution in [0.4, 0.5) is 15.8 Å². The first-order chi connectivity index (χ1) is 9.11. The Bertz CT molecular complexity index is 582. The van der Waals surface area contributed by atoms with Crippen molar-refractivity contribution in [3.05, 3.63) is 42.5 Å². The largest absolute Gasteiger partial charge is 0.396 e. The van der Waals surface area contributed by atoms with Gasteiger partial charge in [-0.3, -0.25) is 9.48 Å². The SMILES string of the molecule is CCN(C(=O)Cn1cc(N)cn1)c1ccccc1F. The minimum atomic E-state index is -0.419. The first kappa shape index (κ1) is 13.1. The average Bonchev–Trinajstić information content (AvgIpc) is 2.78. The summed E-state index contributed by atoms with van der Waals surface area (Å²) in [6, 6.07) is 6.19. The Morgan fingerprint density at radius 2 is 2.21 bits per heavy atom. The van der Waals surface area contributed by atoms with Crippen LogP contribution in [0.2, 0.25) is 0 Å². The van der Waals surface area contributed by atoms with Crippen LogP contribution >= 0.6 is 0 Å². The number of nitrogens with two attached hydrogens (primary N) is 1. The number of carbonyl (C=O) groups is 1. The molecule has 1 heterocycles. The van der Waals surface area contributed by atoms with E-state index in [-0.39, 0.29) is 18.1 Å². The highest BCUT2D eigenvalue weighted by atomic mass is 19.1. The lowest BCUT2D eigenvalue weighted by atomic mass is 10.2. The molecule has 0 spiro atoms. The summed E-state index contributed by atoms with van der Waals surface area (Å²) >= 11 is 0. The topological polar surface area (TPSA) is 64.2 Å². The Morgan fingerprint density at radius 3 is 2.79 bits per heavy atom.